The molecule has 0 atom stereocenters. The number of fused-ring (bicyclic) bond motifs is 1. The number of carbonyl (C=O) groups excluding carboxylic acids is 1. The van der Waals surface area contributed by atoms with E-state index < -0.39 is 0 Å². The van der Waals surface area contributed by atoms with Crippen LogP contribution in [0.25, 0.3) is 11.0 Å². The molecule has 0 saturated heterocycles. The van der Waals surface area contributed by atoms with Crippen LogP contribution in [-0.4, -0.2) is 36.9 Å². The third-order valence-electron chi connectivity index (χ3n) is 6.10. The fourth-order valence-electron chi connectivity index (χ4n) is 4.10. The summed E-state index contributed by atoms with van der Waals surface area (Å²) in [5.41, 5.74) is 2.15. The number of unbranched alkanes of at least 4 members (excludes halogenated alkanes) is 3. The minimum Gasteiger partial charge on any atom is -0.492 e. The first-order chi connectivity index (χ1) is 16.2. The van der Waals surface area contributed by atoms with Crippen molar-refractivity contribution in [3.8, 4) is 5.75 Å². The summed E-state index contributed by atoms with van der Waals surface area (Å²) in [4.78, 5) is 15.9. The van der Waals surface area contributed by atoms with Gasteiger partial charge in [-0.3, -0.25) is 9.69 Å². The molecule has 186 valence electrons. The van der Waals surface area contributed by atoms with Gasteiger partial charge >= 0.3 is 0 Å². The Morgan fingerprint density at radius 3 is 2.15 bits per heavy atom. The molecule has 1 aromatic heterocycles. The van der Waals surface area contributed by atoms with E-state index in [1.807, 2.05) is 48.5 Å². The first-order valence-corrected chi connectivity index (χ1v) is 12.7. The van der Waals surface area contributed by atoms with Crippen molar-refractivity contribution in [2.24, 2.45) is 0 Å². The van der Waals surface area contributed by atoms with Crippen molar-refractivity contribution >= 4 is 29.2 Å². The number of nitrogens with zero attached hydrogens (tertiary/aromatic N) is 1. The predicted octanol–water partition coefficient (Wildman–Crippen LogP) is 7.71. The Morgan fingerprint density at radius 1 is 0.853 bits per heavy atom. The molecule has 0 saturated carbocycles. The first-order valence-electron chi connectivity index (χ1n) is 12.7. The van der Waals surface area contributed by atoms with Gasteiger partial charge < -0.3 is 9.15 Å². The van der Waals surface area contributed by atoms with Crippen molar-refractivity contribution in [3.63, 3.8) is 0 Å². The Hall–Kier alpha value is -2.30. The third-order valence-corrected chi connectivity index (χ3v) is 6.10. The fourth-order valence-corrected chi connectivity index (χ4v) is 4.10. The smallest absolute Gasteiger partial charge is 0.197 e. The number of rotatable bonds is 15. The molecule has 0 spiro atoms. The topological polar surface area (TPSA) is 42.7 Å². The van der Waals surface area contributed by atoms with Gasteiger partial charge in [0.15, 0.2) is 5.78 Å². The van der Waals surface area contributed by atoms with Gasteiger partial charge in [0.05, 0.1) is 5.56 Å². The number of ketones is 1. The lowest BCUT2D eigenvalue weighted by Gasteiger charge is -2.22. The first kappa shape index (κ1) is 27.9. The maximum Gasteiger partial charge on any atom is 0.197 e. The van der Waals surface area contributed by atoms with E-state index in [9.17, 15) is 4.79 Å². The zero-order valence-electron chi connectivity index (χ0n) is 21.0. The molecule has 0 aliphatic rings. The Labute approximate surface area is 211 Å². The number of halogens is 1. The van der Waals surface area contributed by atoms with E-state index in [1.54, 1.807) is 0 Å². The summed E-state index contributed by atoms with van der Waals surface area (Å²) in [6.07, 6.45) is 7.72. The molecular weight excluding hydrogens is 446 g/mol. The van der Waals surface area contributed by atoms with Crippen molar-refractivity contribution in [2.75, 3.05) is 26.2 Å². The fraction of sp³-hybridized carbons (Fsp3) is 0.483. The summed E-state index contributed by atoms with van der Waals surface area (Å²) >= 11 is 0. The van der Waals surface area contributed by atoms with Crippen LogP contribution in [0.1, 0.15) is 81.0 Å². The Morgan fingerprint density at radius 2 is 1.50 bits per heavy atom. The number of ether oxygens (including phenoxy) is 1. The molecule has 3 rings (SSSR count). The van der Waals surface area contributed by atoms with E-state index in [0.29, 0.717) is 17.7 Å². The van der Waals surface area contributed by atoms with Gasteiger partial charge in [-0.2, -0.15) is 0 Å². The quantitative estimate of drug-likeness (QED) is 0.207. The summed E-state index contributed by atoms with van der Waals surface area (Å²) in [5, 5.41) is 0.896. The number of benzene rings is 2. The second-order valence-corrected chi connectivity index (χ2v) is 8.75. The summed E-state index contributed by atoms with van der Waals surface area (Å²) in [6.45, 7) is 10.5. The second kappa shape index (κ2) is 14.9. The number of carbonyl (C=O) groups is 1. The van der Waals surface area contributed by atoms with E-state index in [0.717, 1.165) is 61.4 Å². The number of aryl methyl sites for hydroxylation is 1. The van der Waals surface area contributed by atoms with E-state index in [-0.39, 0.29) is 18.2 Å². The molecule has 3 aromatic rings. The van der Waals surface area contributed by atoms with Crippen LogP contribution < -0.4 is 4.74 Å². The summed E-state index contributed by atoms with van der Waals surface area (Å²) in [7, 11) is 0. The number of para-hydroxylation sites is 1. The molecule has 0 bridgehead atoms. The van der Waals surface area contributed by atoms with E-state index in [2.05, 4.69) is 25.7 Å². The van der Waals surface area contributed by atoms with Crippen molar-refractivity contribution in [2.45, 2.75) is 65.7 Å². The zero-order valence-corrected chi connectivity index (χ0v) is 21.8. The molecular formula is C29H40ClNO3. The molecule has 4 nitrogen and oxygen atoms in total. The van der Waals surface area contributed by atoms with Gasteiger partial charge in [0.25, 0.3) is 0 Å². The van der Waals surface area contributed by atoms with Gasteiger partial charge in [0, 0.05) is 23.9 Å². The van der Waals surface area contributed by atoms with Gasteiger partial charge in [0.1, 0.15) is 23.7 Å². The number of furan rings is 1. The minimum absolute atomic E-state index is 0. The molecule has 0 aliphatic carbocycles. The van der Waals surface area contributed by atoms with Crippen LogP contribution in [0, 0.1) is 0 Å². The highest BCUT2D eigenvalue weighted by molar-refractivity contribution is 6.16. The van der Waals surface area contributed by atoms with Crippen LogP contribution in [0.3, 0.4) is 0 Å². The van der Waals surface area contributed by atoms with Crippen molar-refractivity contribution in [1.29, 1.82) is 0 Å². The van der Waals surface area contributed by atoms with E-state index >= 15 is 0 Å². The van der Waals surface area contributed by atoms with Crippen LogP contribution >= 0.6 is 12.4 Å². The maximum atomic E-state index is 13.4. The molecule has 2 aromatic carbocycles. The molecule has 0 aliphatic heterocycles. The van der Waals surface area contributed by atoms with Gasteiger partial charge in [-0.05, 0) is 62.7 Å². The molecule has 0 N–H and O–H groups in total. The highest BCUT2D eigenvalue weighted by atomic mass is 35.5. The highest BCUT2D eigenvalue weighted by Gasteiger charge is 2.21. The molecule has 0 amide bonds. The average Bonchev–Trinajstić information content (AvgIpc) is 3.22. The van der Waals surface area contributed by atoms with Crippen LogP contribution in [0.15, 0.2) is 52.9 Å². The average molecular weight is 486 g/mol. The molecule has 0 fully saturated rings. The molecule has 1 heterocycles. The van der Waals surface area contributed by atoms with Crippen LogP contribution in [0.4, 0.5) is 0 Å². The zero-order chi connectivity index (χ0) is 23.5. The third kappa shape index (κ3) is 7.61. The SMILES string of the molecule is CCCCc1oc2ccccc2c1C(=O)c1ccc(OCCN(CCCC)CCCC)cc1.Cl. The minimum atomic E-state index is 0. The number of hydrogen-bond donors (Lipinski definition) is 0. The van der Waals surface area contributed by atoms with E-state index in [4.69, 9.17) is 9.15 Å². The van der Waals surface area contributed by atoms with E-state index in [1.165, 1.54) is 25.7 Å². The Balaban J connectivity index is 0.00000408. The molecule has 5 heteroatoms. The summed E-state index contributed by atoms with van der Waals surface area (Å²) in [5.74, 6) is 1.62. The molecule has 0 radical (unpaired) electrons. The maximum absolute atomic E-state index is 13.4. The van der Waals surface area contributed by atoms with Crippen molar-refractivity contribution in [1.82, 2.24) is 4.90 Å². The lowest BCUT2D eigenvalue weighted by Crippen LogP contribution is -2.30. The standard InChI is InChI=1S/C29H39NO3.ClH/c1-4-7-13-27-28(25-12-10-11-14-26(25)33-27)29(31)23-15-17-24(18-16-23)32-22-21-30(19-8-5-2)20-9-6-3;/h10-12,14-18H,4-9,13,19-22H2,1-3H3;1H. The monoisotopic (exact) mass is 485 g/mol. The van der Waals surface area contributed by atoms with Gasteiger partial charge in [0.2, 0.25) is 0 Å². The van der Waals surface area contributed by atoms with Crippen LogP contribution in [0.2, 0.25) is 0 Å². The second-order valence-electron chi connectivity index (χ2n) is 8.75. The van der Waals surface area contributed by atoms with Crippen molar-refractivity contribution in [3.05, 3.63) is 65.4 Å². The predicted molar refractivity (Wildman–Crippen MR) is 144 cm³/mol. The molecule has 0 unspecified atom stereocenters. The largest absolute Gasteiger partial charge is 0.492 e. The van der Waals surface area contributed by atoms with Crippen LogP contribution in [0.5, 0.6) is 5.75 Å². The Bertz CT molecular complexity index is 988. The lowest BCUT2D eigenvalue weighted by atomic mass is 9.98. The Kier molecular flexibility index (Phi) is 12.2. The molecule has 34 heavy (non-hydrogen) atoms. The van der Waals surface area contributed by atoms with Gasteiger partial charge in [-0.25, -0.2) is 0 Å². The summed E-state index contributed by atoms with van der Waals surface area (Å²) < 4.78 is 12.0. The van der Waals surface area contributed by atoms with Gasteiger partial charge in [-0.15, -0.1) is 12.4 Å². The van der Waals surface area contributed by atoms with Crippen molar-refractivity contribution < 1.29 is 13.9 Å². The van der Waals surface area contributed by atoms with Gasteiger partial charge in [-0.1, -0.05) is 58.2 Å². The summed E-state index contributed by atoms with van der Waals surface area (Å²) in [6, 6.07) is 15.4. The van der Waals surface area contributed by atoms with Crippen LogP contribution in [-0.2, 0) is 6.42 Å². The highest BCUT2D eigenvalue weighted by Crippen LogP contribution is 2.29. The normalized spacial score (nSPS) is 11.1. The number of hydrogen-bond acceptors (Lipinski definition) is 4. The lowest BCUT2D eigenvalue weighted by molar-refractivity contribution is 0.103.